The molecule has 2 N–H and O–H groups in total. The minimum absolute atomic E-state index is 0.494. The summed E-state index contributed by atoms with van der Waals surface area (Å²) in [6.07, 6.45) is 1.23. The van der Waals surface area contributed by atoms with Gasteiger partial charge in [-0.2, -0.15) is 0 Å². The van der Waals surface area contributed by atoms with E-state index in [1.54, 1.807) is 0 Å². The van der Waals surface area contributed by atoms with E-state index in [1.807, 2.05) is 0 Å². The van der Waals surface area contributed by atoms with Crippen LogP contribution >= 0.6 is 0 Å². The standard InChI is InChI=1S/C6H12N2Se/c1-3-5-4(2)8-6(7)9-5/h4-5H,3H2,1-2H3,(H2,7,8)/t4-,5+/m0/s1. The molecule has 1 rings (SSSR count). The summed E-state index contributed by atoms with van der Waals surface area (Å²) in [6, 6.07) is 0.495. The van der Waals surface area contributed by atoms with E-state index in [9.17, 15) is 0 Å². The molecule has 0 bridgehead atoms. The van der Waals surface area contributed by atoms with Crippen LogP contribution in [-0.4, -0.2) is 25.7 Å². The third-order valence-electron chi connectivity index (χ3n) is 1.54. The van der Waals surface area contributed by atoms with Crippen LogP contribution in [-0.2, 0) is 0 Å². The first-order chi connectivity index (χ1) is 4.24. The number of nitrogens with two attached hydrogens (primary N) is 1. The Bertz CT molecular complexity index is 133. The average Bonchev–Trinajstić information content (AvgIpc) is 2.10. The maximum absolute atomic E-state index is 5.57. The third kappa shape index (κ3) is 1.46. The van der Waals surface area contributed by atoms with Crippen LogP contribution in [0, 0.1) is 0 Å². The van der Waals surface area contributed by atoms with Crippen LogP contribution < -0.4 is 5.73 Å². The molecule has 0 aromatic heterocycles. The van der Waals surface area contributed by atoms with Gasteiger partial charge in [-0.3, -0.25) is 0 Å². The maximum atomic E-state index is 5.57. The molecule has 9 heavy (non-hydrogen) atoms. The summed E-state index contributed by atoms with van der Waals surface area (Å²) in [5.41, 5.74) is 5.57. The van der Waals surface area contributed by atoms with E-state index < -0.39 is 0 Å². The molecule has 0 saturated heterocycles. The molecule has 2 atom stereocenters. The van der Waals surface area contributed by atoms with Crippen LogP contribution in [0.5, 0.6) is 0 Å². The summed E-state index contributed by atoms with van der Waals surface area (Å²) >= 11 is 0.494. The Balaban J connectivity index is 2.49. The van der Waals surface area contributed by atoms with E-state index in [4.69, 9.17) is 5.73 Å². The van der Waals surface area contributed by atoms with Gasteiger partial charge >= 0.3 is 61.5 Å². The van der Waals surface area contributed by atoms with E-state index in [2.05, 4.69) is 18.8 Å². The summed E-state index contributed by atoms with van der Waals surface area (Å²) in [5.74, 6) is 0. The van der Waals surface area contributed by atoms with Crippen LogP contribution in [0.3, 0.4) is 0 Å². The van der Waals surface area contributed by atoms with Gasteiger partial charge in [-0.15, -0.1) is 0 Å². The van der Waals surface area contributed by atoms with Crippen molar-refractivity contribution < 1.29 is 0 Å². The Morgan fingerprint density at radius 1 is 1.78 bits per heavy atom. The molecule has 0 spiro atoms. The molecule has 3 heteroatoms. The topological polar surface area (TPSA) is 38.4 Å². The van der Waals surface area contributed by atoms with Gasteiger partial charge in [0.05, 0.1) is 0 Å². The molecule has 0 aromatic carbocycles. The Hall–Kier alpha value is -0.0105. The van der Waals surface area contributed by atoms with Gasteiger partial charge < -0.3 is 0 Å². The second kappa shape index (κ2) is 2.72. The van der Waals surface area contributed by atoms with Gasteiger partial charge in [-0.25, -0.2) is 0 Å². The number of hydrogen-bond acceptors (Lipinski definition) is 2. The first kappa shape index (κ1) is 7.10. The minimum atomic E-state index is 0.494. The predicted octanol–water partition coefficient (Wildman–Crippen LogP) is 0.606. The zero-order valence-electron chi connectivity index (χ0n) is 5.79. The van der Waals surface area contributed by atoms with E-state index in [-0.39, 0.29) is 0 Å². The molecule has 0 radical (unpaired) electrons. The monoisotopic (exact) mass is 192 g/mol. The molecular weight excluding hydrogens is 179 g/mol. The first-order valence-corrected chi connectivity index (χ1v) is 5.08. The van der Waals surface area contributed by atoms with Gasteiger partial charge in [0.2, 0.25) is 0 Å². The zero-order valence-corrected chi connectivity index (χ0v) is 7.51. The molecule has 2 nitrogen and oxygen atoms in total. The molecule has 1 aliphatic rings. The molecule has 1 heterocycles. The molecule has 0 amide bonds. The van der Waals surface area contributed by atoms with Crippen molar-refractivity contribution in [1.29, 1.82) is 0 Å². The summed E-state index contributed by atoms with van der Waals surface area (Å²) < 4.78 is 0.904. The van der Waals surface area contributed by atoms with Crippen molar-refractivity contribution in [1.82, 2.24) is 0 Å². The fourth-order valence-corrected chi connectivity index (χ4v) is 3.01. The van der Waals surface area contributed by atoms with Crippen molar-refractivity contribution >= 4 is 19.7 Å². The van der Waals surface area contributed by atoms with Crippen molar-refractivity contribution in [2.75, 3.05) is 0 Å². The van der Waals surface area contributed by atoms with Gasteiger partial charge in [0, 0.05) is 0 Å². The Morgan fingerprint density at radius 2 is 2.44 bits per heavy atom. The molecule has 1 aliphatic heterocycles. The van der Waals surface area contributed by atoms with Gasteiger partial charge in [0.15, 0.2) is 0 Å². The van der Waals surface area contributed by atoms with Crippen molar-refractivity contribution in [2.24, 2.45) is 10.7 Å². The van der Waals surface area contributed by atoms with Gasteiger partial charge in [0.1, 0.15) is 0 Å². The van der Waals surface area contributed by atoms with E-state index in [0.29, 0.717) is 21.0 Å². The van der Waals surface area contributed by atoms with Crippen LogP contribution in [0.15, 0.2) is 4.99 Å². The van der Waals surface area contributed by atoms with E-state index in [1.165, 1.54) is 6.42 Å². The van der Waals surface area contributed by atoms with Crippen molar-refractivity contribution in [3.8, 4) is 0 Å². The Labute approximate surface area is 62.1 Å². The number of hydrogen-bond donors (Lipinski definition) is 1. The second-order valence-electron chi connectivity index (χ2n) is 2.27. The normalized spacial score (nSPS) is 34.7. The number of nitrogens with zero attached hydrogens (tertiary/aromatic N) is 1. The molecule has 52 valence electrons. The number of amidine groups is 1. The molecule has 0 saturated carbocycles. The van der Waals surface area contributed by atoms with E-state index in [0.717, 1.165) is 9.55 Å². The number of aliphatic imine (C=N–C) groups is 1. The average molecular weight is 191 g/mol. The van der Waals surface area contributed by atoms with Crippen molar-refractivity contribution in [3.05, 3.63) is 0 Å². The van der Waals surface area contributed by atoms with Crippen molar-refractivity contribution in [3.63, 3.8) is 0 Å². The molecule has 0 aromatic rings. The van der Waals surface area contributed by atoms with Gasteiger partial charge in [0.25, 0.3) is 0 Å². The second-order valence-corrected chi connectivity index (χ2v) is 4.91. The van der Waals surface area contributed by atoms with Crippen LogP contribution in [0.1, 0.15) is 20.3 Å². The quantitative estimate of drug-likeness (QED) is 0.606. The Morgan fingerprint density at radius 3 is 2.67 bits per heavy atom. The SMILES string of the molecule is CC[C@H]1[Se]C(N)=N[C@H]1C. The molecule has 0 fully saturated rings. The summed E-state index contributed by atoms with van der Waals surface area (Å²) in [6.45, 7) is 4.35. The summed E-state index contributed by atoms with van der Waals surface area (Å²) in [7, 11) is 0. The summed E-state index contributed by atoms with van der Waals surface area (Å²) in [4.78, 5) is 5.04. The molecular formula is C6H12N2Se. The molecule has 0 aliphatic carbocycles. The fourth-order valence-electron chi connectivity index (χ4n) is 0.992. The third-order valence-corrected chi connectivity index (χ3v) is 4.43. The van der Waals surface area contributed by atoms with Crippen LogP contribution in [0.2, 0.25) is 4.82 Å². The first-order valence-electron chi connectivity index (χ1n) is 3.24. The Kier molecular flexibility index (Phi) is 2.14. The van der Waals surface area contributed by atoms with E-state index >= 15 is 0 Å². The predicted molar refractivity (Wildman–Crippen MR) is 40.9 cm³/mol. The van der Waals surface area contributed by atoms with Crippen LogP contribution in [0.25, 0.3) is 0 Å². The summed E-state index contributed by atoms with van der Waals surface area (Å²) in [5, 5.41) is 0. The molecule has 0 unspecified atom stereocenters. The van der Waals surface area contributed by atoms with Crippen molar-refractivity contribution in [2.45, 2.75) is 31.1 Å². The zero-order chi connectivity index (χ0) is 6.85. The van der Waals surface area contributed by atoms with Crippen LogP contribution in [0.4, 0.5) is 0 Å². The van der Waals surface area contributed by atoms with Gasteiger partial charge in [-0.1, -0.05) is 0 Å². The fraction of sp³-hybridized carbons (Fsp3) is 0.833. The number of rotatable bonds is 1. The van der Waals surface area contributed by atoms with Gasteiger partial charge in [-0.05, 0) is 0 Å².